The molecule has 1 aliphatic rings. The van der Waals surface area contributed by atoms with Crippen molar-refractivity contribution in [2.45, 2.75) is 90.9 Å². The van der Waals surface area contributed by atoms with Gasteiger partial charge in [-0.3, -0.25) is 4.79 Å². The van der Waals surface area contributed by atoms with Crippen LogP contribution in [-0.2, 0) is 35.3 Å². The van der Waals surface area contributed by atoms with Crippen LogP contribution in [0.3, 0.4) is 0 Å². The summed E-state index contributed by atoms with van der Waals surface area (Å²) in [4.78, 5) is 38.5. The van der Waals surface area contributed by atoms with E-state index in [-0.39, 0.29) is 30.4 Å². The van der Waals surface area contributed by atoms with Crippen LogP contribution in [0, 0.1) is 5.92 Å². The molecule has 2 atom stereocenters. The van der Waals surface area contributed by atoms with Crippen LogP contribution in [0.1, 0.15) is 103 Å². The Balaban J connectivity index is 1.23. The Hall–Kier alpha value is -5.21. The third-order valence-corrected chi connectivity index (χ3v) is 8.50. The zero-order chi connectivity index (χ0) is 39.4. The Morgan fingerprint density at radius 1 is 0.870 bits per heavy atom. The van der Waals surface area contributed by atoms with Crippen LogP contribution >= 0.6 is 0 Å². The minimum absolute atomic E-state index is 0.0376. The van der Waals surface area contributed by atoms with Crippen molar-refractivity contribution >= 4 is 23.7 Å². The number of halogens is 3. The number of benzene rings is 3. The predicted molar refractivity (Wildman–Crippen MR) is 198 cm³/mol. The number of hydrogen-bond donors (Lipinski definition) is 4. The van der Waals surface area contributed by atoms with Crippen LogP contribution in [0.25, 0.3) is 5.69 Å². The normalized spacial score (nSPS) is 15.7. The monoisotopic (exact) mass is 748 g/mol. The second-order valence-electron chi connectivity index (χ2n) is 15.3. The van der Waals surface area contributed by atoms with Crippen molar-refractivity contribution in [2.75, 3.05) is 11.9 Å². The summed E-state index contributed by atoms with van der Waals surface area (Å²) in [5, 5.41) is 12.5. The van der Waals surface area contributed by atoms with E-state index in [1.54, 1.807) is 57.2 Å². The number of alkyl halides is 3. The van der Waals surface area contributed by atoms with Gasteiger partial charge >= 0.3 is 18.2 Å². The third kappa shape index (κ3) is 10.7. The average molecular weight is 749 g/mol. The fourth-order valence-electron chi connectivity index (χ4n) is 6.08. The van der Waals surface area contributed by atoms with Gasteiger partial charge in [-0.1, -0.05) is 36.4 Å². The first-order valence-corrected chi connectivity index (χ1v) is 17.7. The fraction of sp³-hybridized carbons (Fsp3) is 0.400. The molecule has 288 valence electrons. The van der Waals surface area contributed by atoms with Crippen molar-refractivity contribution in [2.24, 2.45) is 11.7 Å². The molecular weight excluding hydrogens is 701 g/mol. The molecule has 54 heavy (non-hydrogen) atoms. The maximum Gasteiger partial charge on any atom is 0.435 e. The highest BCUT2D eigenvalue weighted by atomic mass is 19.4. The quantitative estimate of drug-likeness (QED) is 0.109. The highest BCUT2D eigenvalue weighted by Gasteiger charge is 2.40. The van der Waals surface area contributed by atoms with Gasteiger partial charge in [-0.2, -0.15) is 18.3 Å². The SMILES string of the molecule is CC(C)(C)OC(=O)NCc1cccc(-n2nc(C(F)(F)F)cc2C(=O)Nc2cccc(CNCC3CC3c3cccc(C(=O)OC(C)(C)C)c3CN)c2)c1. The number of ether oxygens (including phenoxy) is 2. The average Bonchev–Trinajstić information content (AvgIpc) is 3.69. The van der Waals surface area contributed by atoms with Crippen molar-refractivity contribution in [1.29, 1.82) is 0 Å². The smallest absolute Gasteiger partial charge is 0.435 e. The lowest BCUT2D eigenvalue weighted by Crippen LogP contribution is -2.32. The number of rotatable bonds is 12. The van der Waals surface area contributed by atoms with E-state index in [0.717, 1.165) is 27.8 Å². The summed E-state index contributed by atoms with van der Waals surface area (Å²) >= 11 is 0. The van der Waals surface area contributed by atoms with Gasteiger partial charge in [-0.15, -0.1) is 0 Å². The lowest BCUT2D eigenvalue weighted by molar-refractivity contribution is -0.141. The van der Waals surface area contributed by atoms with Gasteiger partial charge in [-0.25, -0.2) is 14.3 Å². The molecule has 1 heterocycles. The standard InChI is InChI=1S/C40H47F3N6O5/c1-38(2,3)53-36(51)30-15-9-14-29(32(30)20-44)31-18-26(31)23-45-21-24-10-7-12-27(16-24)47-35(50)33-19-34(40(41,42)43)48-49(33)28-13-8-11-25(17-28)22-46-37(52)54-39(4,5)6/h7-17,19,26,31,45H,18,20-23,44H2,1-6H3,(H,46,52)(H,47,50). The number of esters is 1. The molecule has 2 amide bonds. The summed E-state index contributed by atoms with van der Waals surface area (Å²) in [5.41, 5.74) is 7.57. The summed E-state index contributed by atoms with van der Waals surface area (Å²) in [6.07, 6.45) is -4.51. The molecule has 3 aromatic carbocycles. The van der Waals surface area contributed by atoms with Crippen LogP contribution in [0.15, 0.2) is 72.8 Å². The Bertz CT molecular complexity index is 2000. The van der Waals surface area contributed by atoms with Crippen molar-refractivity contribution in [3.05, 3.63) is 112 Å². The number of carbonyl (C=O) groups is 3. The van der Waals surface area contributed by atoms with E-state index < -0.39 is 41.0 Å². The molecule has 0 spiro atoms. The minimum atomic E-state index is -4.80. The number of carbonyl (C=O) groups excluding carboxylic acids is 3. The molecule has 14 heteroatoms. The van der Waals surface area contributed by atoms with Crippen molar-refractivity contribution < 1.29 is 37.0 Å². The first kappa shape index (κ1) is 40.0. The number of amides is 2. The van der Waals surface area contributed by atoms with E-state index in [9.17, 15) is 27.6 Å². The molecule has 5 N–H and O–H groups in total. The molecular formula is C40H47F3N6O5. The van der Waals surface area contributed by atoms with E-state index in [1.165, 1.54) is 12.1 Å². The van der Waals surface area contributed by atoms with Crippen molar-refractivity contribution in [1.82, 2.24) is 20.4 Å². The summed E-state index contributed by atoms with van der Waals surface area (Å²) in [6.45, 7) is 12.1. The molecule has 4 aromatic rings. The third-order valence-electron chi connectivity index (χ3n) is 8.50. The van der Waals surface area contributed by atoms with Gasteiger partial charge < -0.3 is 31.2 Å². The first-order valence-electron chi connectivity index (χ1n) is 17.7. The maximum atomic E-state index is 13.8. The van der Waals surface area contributed by atoms with E-state index in [4.69, 9.17) is 15.2 Å². The van der Waals surface area contributed by atoms with Crippen molar-refractivity contribution in [3.8, 4) is 5.69 Å². The van der Waals surface area contributed by atoms with Gasteiger partial charge in [0.1, 0.15) is 16.9 Å². The van der Waals surface area contributed by atoms with Gasteiger partial charge in [0.25, 0.3) is 5.91 Å². The lowest BCUT2D eigenvalue weighted by atomic mass is 9.96. The molecule has 0 radical (unpaired) electrons. The summed E-state index contributed by atoms with van der Waals surface area (Å²) in [7, 11) is 0. The minimum Gasteiger partial charge on any atom is -0.456 e. The number of nitrogens with one attached hydrogen (secondary N) is 3. The number of nitrogens with two attached hydrogens (primary N) is 1. The Morgan fingerprint density at radius 2 is 1.54 bits per heavy atom. The number of nitrogens with zero attached hydrogens (tertiary/aromatic N) is 2. The largest absolute Gasteiger partial charge is 0.456 e. The van der Waals surface area contributed by atoms with E-state index in [0.29, 0.717) is 41.9 Å². The Labute approximate surface area is 312 Å². The van der Waals surface area contributed by atoms with Gasteiger partial charge in [0.2, 0.25) is 0 Å². The number of alkyl carbamates (subject to hydrolysis) is 1. The summed E-state index contributed by atoms with van der Waals surface area (Å²) in [5.74, 6) is -0.596. The molecule has 1 aromatic heterocycles. The summed E-state index contributed by atoms with van der Waals surface area (Å²) in [6, 6.07) is 19.7. The Kier molecular flexibility index (Phi) is 11.9. The highest BCUT2D eigenvalue weighted by Crippen LogP contribution is 2.48. The molecule has 5 rings (SSSR count). The highest BCUT2D eigenvalue weighted by molar-refractivity contribution is 6.03. The van der Waals surface area contributed by atoms with Crippen LogP contribution < -0.4 is 21.7 Å². The lowest BCUT2D eigenvalue weighted by Gasteiger charge is -2.21. The molecule has 1 fully saturated rings. The second kappa shape index (κ2) is 16.0. The molecule has 0 saturated heterocycles. The topological polar surface area (TPSA) is 150 Å². The predicted octanol–water partition coefficient (Wildman–Crippen LogP) is 7.48. The maximum absolute atomic E-state index is 13.8. The molecule has 0 aliphatic heterocycles. The number of anilines is 1. The van der Waals surface area contributed by atoms with Crippen LogP contribution in [0.2, 0.25) is 0 Å². The first-order chi connectivity index (χ1) is 25.3. The number of aromatic nitrogens is 2. The molecule has 1 saturated carbocycles. The van der Waals surface area contributed by atoms with Crippen LogP contribution in [0.4, 0.5) is 23.7 Å². The Morgan fingerprint density at radius 3 is 2.20 bits per heavy atom. The van der Waals surface area contributed by atoms with Crippen LogP contribution in [-0.4, -0.2) is 45.5 Å². The van der Waals surface area contributed by atoms with Crippen molar-refractivity contribution in [3.63, 3.8) is 0 Å². The zero-order valence-corrected chi connectivity index (χ0v) is 31.3. The number of hydrogen-bond acceptors (Lipinski definition) is 8. The summed E-state index contributed by atoms with van der Waals surface area (Å²) < 4.78 is 53.2. The molecule has 2 unspecified atom stereocenters. The molecule has 11 nitrogen and oxygen atoms in total. The van der Waals surface area contributed by atoms with E-state index in [1.807, 2.05) is 39.0 Å². The van der Waals surface area contributed by atoms with E-state index in [2.05, 4.69) is 21.0 Å². The van der Waals surface area contributed by atoms with E-state index >= 15 is 0 Å². The van der Waals surface area contributed by atoms with Gasteiger partial charge in [0, 0.05) is 31.4 Å². The van der Waals surface area contributed by atoms with Gasteiger partial charge in [0.15, 0.2) is 5.69 Å². The van der Waals surface area contributed by atoms with Crippen LogP contribution in [0.5, 0.6) is 0 Å². The fourth-order valence-corrected chi connectivity index (χ4v) is 6.08. The van der Waals surface area contributed by atoms with Gasteiger partial charge in [0.05, 0.1) is 11.3 Å². The second-order valence-corrected chi connectivity index (χ2v) is 15.3. The molecule has 1 aliphatic carbocycles. The van der Waals surface area contributed by atoms with Gasteiger partial charge in [-0.05, 0) is 119 Å². The molecule has 0 bridgehead atoms. The zero-order valence-electron chi connectivity index (χ0n) is 31.3.